The molecule has 0 unspecified atom stereocenters. The molecule has 0 saturated carbocycles. The summed E-state index contributed by atoms with van der Waals surface area (Å²) in [6.45, 7) is 7.69. The predicted molar refractivity (Wildman–Crippen MR) is 77.3 cm³/mol. The first-order valence-corrected chi connectivity index (χ1v) is 7.03. The molecule has 0 spiro atoms. The van der Waals surface area contributed by atoms with Crippen molar-refractivity contribution < 1.29 is 99.9 Å². The molecule has 0 bridgehead atoms. The van der Waals surface area contributed by atoms with Crippen LogP contribution in [0, 0.1) is 0 Å². The van der Waals surface area contributed by atoms with Gasteiger partial charge in [0.1, 0.15) is 13.6 Å². The Hall–Kier alpha value is 1.01. The van der Waals surface area contributed by atoms with E-state index in [0.29, 0.717) is 0 Å². The molecular weight excluding hydrogens is 349 g/mol. The van der Waals surface area contributed by atoms with Crippen molar-refractivity contribution in [2.24, 2.45) is 0 Å². The Morgan fingerprint density at radius 3 is 1.39 bits per heavy atom. The number of hydrogen-bond acceptors (Lipinski definition) is 4. The molecular formula is C12H25Na2O8P. The van der Waals surface area contributed by atoms with Crippen LogP contribution in [-0.4, -0.2) is 21.9 Å². The van der Waals surface area contributed by atoms with Gasteiger partial charge in [-0.1, -0.05) is 45.9 Å². The third kappa shape index (κ3) is 12.9. The summed E-state index contributed by atoms with van der Waals surface area (Å²) in [5.74, 6) is 0.385. The van der Waals surface area contributed by atoms with Crippen molar-refractivity contribution in [2.45, 2.75) is 39.5 Å². The van der Waals surface area contributed by atoms with Gasteiger partial charge in [0.25, 0.3) is 0 Å². The molecule has 11 heteroatoms. The second-order valence-corrected chi connectivity index (χ2v) is 5.69. The van der Waals surface area contributed by atoms with E-state index >= 15 is 0 Å². The van der Waals surface area contributed by atoms with Gasteiger partial charge in [-0.3, -0.25) is 0 Å². The van der Waals surface area contributed by atoms with Crippen LogP contribution in [0.1, 0.15) is 50.7 Å². The van der Waals surface area contributed by atoms with E-state index in [-0.39, 0.29) is 98.6 Å². The monoisotopic (exact) mass is 374 g/mol. The number of phosphoric ester groups is 1. The molecule has 1 aromatic rings. The number of benzene rings is 1. The van der Waals surface area contributed by atoms with E-state index in [0.717, 1.165) is 11.1 Å². The fourth-order valence-corrected chi connectivity index (χ4v) is 2.13. The predicted octanol–water partition coefficient (Wildman–Crippen LogP) is -7.15. The first-order valence-electron chi connectivity index (χ1n) is 5.57. The van der Waals surface area contributed by atoms with Gasteiger partial charge in [-0.25, -0.2) is 0 Å². The number of rotatable bonds is 4. The maximum Gasteiger partial charge on any atom is 1.00 e. The Kier molecular flexibility index (Phi) is 28.1. The van der Waals surface area contributed by atoms with Gasteiger partial charge in [-0.05, 0) is 23.0 Å². The van der Waals surface area contributed by atoms with E-state index in [1.54, 1.807) is 12.1 Å². The van der Waals surface area contributed by atoms with Crippen LogP contribution in [0.25, 0.3) is 0 Å². The van der Waals surface area contributed by atoms with Crippen LogP contribution in [0.5, 0.6) is 5.75 Å². The standard InChI is InChI=1S/C12H19O4P.2Na.4H2O/c1-8(2)10-6-5-7-11(9(3)4)12(10)16-17(13,14)15;;;;;;/h5-9H,1-4H3,(H2,13,14,15);;;4*1H2/q;2*+1;;;;/p-2. The zero-order chi connectivity index (χ0) is 13.2. The van der Waals surface area contributed by atoms with Crippen LogP contribution in [0.3, 0.4) is 0 Å². The van der Waals surface area contributed by atoms with Crippen LogP contribution >= 0.6 is 7.82 Å². The van der Waals surface area contributed by atoms with Crippen LogP contribution < -0.4 is 73.4 Å². The fraction of sp³-hybridized carbons (Fsp3) is 0.500. The molecule has 1 rings (SSSR count). The van der Waals surface area contributed by atoms with E-state index in [1.165, 1.54) is 0 Å². The minimum atomic E-state index is -5.02. The minimum absolute atomic E-state index is 0. The van der Waals surface area contributed by atoms with Gasteiger partial charge in [0.15, 0.2) is 0 Å². The maximum atomic E-state index is 10.8. The SMILES string of the molecule is CC(C)c1cccc(C(C)C)c1OP(=O)([O-])[O-].O.O.O.O.[Na+].[Na+]. The number of para-hydroxylation sites is 1. The summed E-state index contributed by atoms with van der Waals surface area (Å²) in [5, 5.41) is 0. The van der Waals surface area contributed by atoms with Gasteiger partial charge >= 0.3 is 59.1 Å². The molecule has 0 atom stereocenters. The van der Waals surface area contributed by atoms with Gasteiger partial charge in [0.05, 0.1) is 0 Å². The van der Waals surface area contributed by atoms with Gasteiger partial charge in [-0.2, -0.15) is 0 Å². The molecule has 0 radical (unpaired) electrons. The minimum Gasteiger partial charge on any atom is -0.780 e. The van der Waals surface area contributed by atoms with Crippen molar-refractivity contribution in [3.8, 4) is 5.75 Å². The Balaban J connectivity index is -0.000000120. The Bertz CT molecular complexity index is 424. The first kappa shape index (κ1) is 39.2. The smallest absolute Gasteiger partial charge is 0.780 e. The molecule has 1 aromatic carbocycles. The first-order chi connectivity index (χ1) is 7.72. The zero-order valence-electron chi connectivity index (χ0n) is 14.5. The van der Waals surface area contributed by atoms with Gasteiger partial charge in [0, 0.05) is 0 Å². The Morgan fingerprint density at radius 2 is 1.17 bits per heavy atom. The van der Waals surface area contributed by atoms with Crippen molar-refractivity contribution in [2.75, 3.05) is 0 Å². The molecule has 128 valence electrons. The second-order valence-electron chi connectivity index (χ2n) is 4.61. The van der Waals surface area contributed by atoms with Crippen LogP contribution in [0.4, 0.5) is 0 Å². The molecule has 8 N–H and O–H groups in total. The number of hydrogen-bond donors (Lipinski definition) is 0. The molecule has 0 aromatic heterocycles. The van der Waals surface area contributed by atoms with E-state index in [1.807, 2.05) is 33.8 Å². The molecule has 0 heterocycles. The molecule has 8 nitrogen and oxygen atoms in total. The van der Waals surface area contributed by atoms with Gasteiger partial charge in [0.2, 0.25) is 0 Å². The van der Waals surface area contributed by atoms with Crippen LogP contribution in [0.15, 0.2) is 18.2 Å². The topological polar surface area (TPSA) is 198 Å². The summed E-state index contributed by atoms with van der Waals surface area (Å²) >= 11 is 0. The molecule has 0 fully saturated rings. The Labute approximate surface area is 181 Å². The largest absolute Gasteiger partial charge is 1.00 e. The average Bonchev–Trinajstić information content (AvgIpc) is 2.14. The normalized spacial score (nSPS) is 9.04. The van der Waals surface area contributed by atoms with Gasteiger partial charge in [-0.15, -0.1) is 0 Å². The molecule has 0 saturated heterocycles. The molecule has 0 aliphatic rings. The summed E-state index contributed by atoms with van der Waals surface area (Å²) in [4.78, 5) is 21.6. The van der Waals surface area contributed by atoms with Crippen LogP contribution in [-0.2, 0) is 4.57 Å². The molecule has 0 aliphatic carbocycles. The summed E-state index contributed by atoms with van der Waals surface area (Å²) in [6, 6.07) is 5.40. The summed E-state index contributed by atoms with van der Waals surface area (Å²) in [5.41, 5.74) is 1.48. The summed E-state index contributed by atoms with van der Waals surface area (Å²) in [7, 11) is -5.02. The third-order valence-corrected chi connectivity index (χ3v) is 2.93. The van der Waals surface area contributed by atoms with Crippen molar-refractivity contribution in [3.05, 3.63) is 29.3 Å². The van der Waals surface area contributed by atoms with E-state index in [4.69, 9.17) is 0 Å². The quantitative estimate of drug-likeness (QED) is 0.372. The number of phosphoric acid groups is 1. The van der Waals surface area contributed by atoms with E-state index in [9.17, 15) is 14.4 Å². The van der Waals surface area contributed by atoms with E-state index in [2.05, 4.69) is 4.52 Å². The molecule has 23 heavy (non-hydrogen) atoms. The van der Waals surface area contributed by atoms with Crippen molar-refractivity contribution in [3.63, 3.8) is 0 Å². The maximum absolute atomic E-state index is 10.8. The summed E-state index contributed by atoms with van der Waals surface area (Å²) in [6.07, 6.45) is 0. The average molecular weight is 374 g/mol. The van der Waals surface area contributed by atoms with Crippen molar-refractivity contribution in [1.29, 1.82) is 0 Å². The summed E-state index contributed by atoms with van der Waals surface area (Å²) < 4.78 is 15.4. The van der Waals surface area contributed by atoms with Gasteiger partial charge < -0.3 is 40.8 Å². The Morgan fingerprint density at radius 1 is 0.870 bits per heavy atom. The van der Waals surface area contributed by atoms with Crippen molar-refractivity contribution >= 4 is 7.82 Å². The van der Waals surface area contributed by atoms with Crippen LogP contribution in [0.2, 0.25) is 0 Å². The molecule has 0 amide bonds. The molecule has 0 aliphatic heterocycles. The fourth-order valence-electron chi connectivity index (χ4n) is 1.70. The second kappa shape index (κ2) is 16.5. The third-order valence-electron chi connectivity index (χ3n) is 2.52. The zero-order valence-corrected chi connectivity index (χ0v) is 19.4. The van der Waals surface area contributed by atoms with E-state index < -0.39 is 7.82 Å². The van der Waals surface area contributed by atoms with Crippen molar-refractivity contribution in [1.82, 2.24) is 0 Å².